The lowest BCUT2D eigenvalue weighted by Gasteiger charge is -2.25. The third-order valence-electron chi connectivity index (χ3n) is 8.24. The van der Waals surface area contributed by atoms with Crippen LogP contribution in [0.15, 0.2) is 150 Å². The summed E-state index contributed by atoms with van der Waals surface area (Å²) >= 11 is 1.81. The van der Waals surface area contributed by atoms with E-state index in [4.69, 9.17) is 9.40 Å². The molecular formula is C39H24N2OS. The molecule has 0 unspecified atom stereocenters. The van der Waals surface area contributed by atoms with Crippen LogP contribution in [0.4, 0.5) is 17.1 Å². The normalized spacial score (nSPS) is 11.7. The maximum absolute atomic E-state index is 6.12. The Labute approximate surface area is 251 Å². The second-order valence-corrected chi connectivity index (χ2v) is 11.9. The first-order valence-electron chi connectivity index (χ1n) is 14.4. The molecule has 43 heavy (non-hydrogen) atoms. The molecule has 0 aliphatic carbocycles. The summed E-state index contributed by atoms with van der Waals surface area (Å²) in [6.45, 7) is 0. The van der Waals surface area contributed by atoms with Crippen LogP contribution in [0.5, 0.6) is 0 Å². The highest BCUT2D eigenvalue weighted by molar-refractivity contribution is 7.25. The Kier molecular flexibility index (Phi) is 5.37. The van der Waals surface area contributed by atoms with Crippen LogP contribution >= 0.6 is 11.3 Å². The first-order valence-corrected chi connectivity index (χ1v) is 15.2. The number of aromatic nitrogens is 1. The van der Waals surface area contributed by atoms with E-state index < -0.39 is 0 Å². The molecule has 0 N–H and O–H groups in total. The van der Waals surface area contributed by atoms with Gasteiger partial charge in [-0.2, -0.15) is 0 Å². The first kappa shape index (κ1) is 24.2. The summed E-state index contributed by atoms with van der Waals surface area (Å²) in [7, 11) is 0. The molecule has 0 amide bonds. The van der Waals surface area contributed by atoms with Crippen molar-refractivity contribution in [3.8, 4) is 11.1 Å². The van der Waals surface area contributed by atoms with Gasteiger partial charge in [-0.3, -0.25) is 0 Å². The van der Waals surface area contributed by atoms with Crippen LogP contribution in [-0.4, -0.2) is 4.98 Å². The topological polar surface area (TPSA) is 29.3 Å². The third kappa shape index (κ3) is 3.92. The maximum Gasteiger partial charge on any atom is 0.135 e. The summed E-state index contributed by atoms with van der Waals surface area (Å²) in [5.74, 6) is 0. The molecule has 202 valence electrons. The molecular weight excluding hydrogens is 545 g/mol. The van der Waals surface area contributed by atoms with Gasteiger partial charge in [-0.25, -0.2) is 4.98 Å². The predicted molar refractivity (Wildman–Crippen MR) is 182 cm³/mol. The summed E-state index contributed by atoms with van der Waals surface area (Å²) in [6.07, 6.45) is 0. The molecule has 0 aliphatic heterocycles. The van der Waals surface area contributed by atoms with Crippen LogP contribution in [0.2, 0.25) is 0 Å². The SMILES string of the molecule is c1ccc(N(c2ccc(-c3cccc4sc5cc6ccccc6nc5c34)cc2)c2ccc3oc4ccccc4c3c2)cc1. The zero-order valence-electron chi connectivity index (χ0n) is 23.1. The fourth-order valence-electron chi connectivity index (χ4n) is 6.24. The minimum Gasteiger partial charge on any atom is -0.456 e. The van der Waals surface area contributed by atoms with Crippen molar-refractivity contribution in [2.75, 3.05) is 4.90 Å². The molecule has 6 aromatic carbocycles. The smallest absolute Gasteiger partial charge is 0.135 e. The van der Waals surface area contributed by atoms with Gasteiger partial charge in [0.2, 0.25) is 0 Å². The average molecular weight is 569 g/mol. The fraction of sp³-hybridized carbons (Fsp3) is 0. The van der Waals surface area contributed by atoms with Gasteiger partial charge in [0.05, 0.1) is 15.7 Å². The zero-order valence-corrected chi connectivity index (χ0v) is 23.9. The summed E-state index contributed by atoms with van der Waals surface area (Å²) < 4.78 is 8.60. The summed E-state index contributed by atoms with van der Waals surface area (Å²) in [5.41, 5.74) is 9.56. The van der Waals surface area contributed by atoms with Gasteiger partial charge < -0.3 is 9.32 Å². The minimum absolute atomic E-state index is 0.894. The number of anilines is 3. The number of rotatable bonds is 4. The molecule has 0 radical (unpaired) electrons. The van der Waals surface area contributed by atoms with Crippen molar-refractivity contribution >= 4 is 81.5 Å². The number of fused-ring (bicyclic) bond motifs is 7. The Bertz CT molecular complexity index is 2460. The fourth-order valence-corrected chi connectivity index (χ4v) is 7.36. The van der Waals surface area contributed by atoms with E-state index >= 15 is 0 Å². The Morgan fingerprint density at radius 3 is 2.19 bits per heavy atom. The largest absolute Gasteiger partial charge is 0.456 e. The van der Waals surface area contributed by atoms with Gasteiger partial charge in [-0.05, 0) is 77.9 Å². The third-order valence-corrected chi connectivity index (χ3v) is 9.33. The Hall–Kier alpha value is -5.45. The van der Waals surface area contributed by atoms with E-state index in [9.17, 15) is 0 Å². The molecule has 0 saturated heterocycles. The van der Waals surface area contributed by atoms with Gasteiger partial charge in [0, 0.05) is 43.3 Å². The average Bonchev–Trinajstić information content (AvgIpc) is 3.62. The highest BCUT2D eigenvalue weighted by Crippen LogP contribution is 2.42. The van der Waals surface area contributed by atoms with Gasteiger partial charge in [-0.15, -0.1) is 11.3 Å². The van der Waals surface area contributed by atoms with Crippen molar-refractivity contribution < 1.29 is 4.42 Å². The van der Waals surface area contributed by atoms with Crippen LogP contribution in [0.3, 0.4) is 0 Å². The van der Waals surface area contributed by atoms with Crippen molar-refractivity contribution in [2.24, 2.45) is 0 Å². The molecule has 9 aromatic rings. The van der Waals surface area contributed by atoms with E-state index in [1.54, 1.807) is 0 Å². The van der Waals surface area contributed by atoms with Crippen molar-refractivity contribution in [1.29, 1.82) is 0 Å². The summed E-state index contributed by atoms with van der Waals surface area (Å²) in [6, 6.07) is 51.3. The lowest BCUT2D eigenvalue weighted by Crippen LogP contribution is -2.09. The molecule has 0 aliphatic rings. The molecule has 0 spiro atoms. The van der Waals surface area contributed by atoms with Gasteiger partial charge >= 0.3 is 0 Å². The van der Waals surface area contributed by atoms with Crippen molar-refractivity contribution in [3.63, 3.8) is 0 Å². The van der Waals surface area contributed by atoms with Crippen molar-refractivity contribution in [3.05, 3.63) is 146 Å². The van der Waals surface area contributed by atoms with Gasteiger partial charge in [0.1, 0.15) is 11.2 Å². The van der Waals surface area contributed by atoms with E-state index in [1.165, 1.54) is 31.3 Å². The van der Waals surface area contributed by atoms with E-state index in [0.717, 1.165) is 50.0 Å². The van der Waals surface area contributed by atoms with Crippen molar-refractivity contribution in [1.82, 2.24) is 4.98 Å². The van der Waals surface area contributed by atoms with E-state index in [-0.39, 0.29) is 0 Å². The Morgan fingerprint density at radius 2 is 1.28 bits per heavy atom. The van der Waals surface area contributed by atoms with Gasteiger partial charge in [0.15, 0.2) is 0 Å². The molecule has 3 heterocycles. The predicted octanol–water partition coefficient (Wildman–Crippen LogP) is 11.6. The monoisotopic (exact) mass is 568 g/mol. The lowest BCUT2D eigenvalue weighted by atomic mass is 10.00. The van der Waals surface area contributed by atoms with E-state index in [0.29, 0.717) is 0 Å². The van der Waals surface area contributed by atoms with Crippen LogP contribution < -0.4 is 4.90 Å². The summed E-state index contributed by atoms with van der Waals surface area (Å²) in [4.78, 5) is 7.42. The number of para-hydroxylation sites is 3. The second kappa shape index (κ2) is 9.55. The number of hydrogen-bond donors (Lipinski definition) is 0. The van der Waals surface area contributed by atoms with Gasteiger partial charge in [0.25, 0.3) is 0 Å². The van der Waals surface area contributed by atoms with Crippen LogP contribution in [0.25, 0.3) is 64.3 Å². The number of pyridine rings is 1. The minimum atomic E-state index is 0.894. The Balaban J connectivity index is 1.19. The van der Waals surface area contributed by atoms with Crippen LogP contribution in [0, 0.1) is 0 Å². The van der Waals surface area contributed by atoms with Crippen LogP contribution in [-0.2, 0) is 0 Å². The summed E-state index contributed by atoms with van der Waals surface area (Å²) in [5, 5.41) is 4.63. The Morgan fingerprint density at radius 1 is 0.535 bits per heavy atom. The number of nitrogens with zero attached hydrogens (tertiary/aromatic N) is 2. The second-order valence-electron chi connectivity index (χ2n) is 10.8. The molecule has 0 fully saturated rings. The van der Waals surface area contributed by atoms with Crippen molar-refractivity contribution in [2.45, 2.75) is 0 Å². The van der Waals surface area contributed by atoms with Gasteiger partial charge in [-0.1, -0.05) is 78.9 Å². The molecule has 0 atom stereocenters. The number of hydrogen-bond acceptors (Lipinski definition) is 4. The number of benzene rings is 6. The molecule has 3 nitrogen and oxygen atoms in total. The zero-order chi connectivity index (χ0) is 28.3. The molecule has 4 heteroatoms. The highest BCUT2D eigenvalue weighted by Gasteiger charge is 2.17. The quantitative estimate of drug-likeness (QED) is 0.211. The van der Waals surface area contributed by atoms with Crippen LogP contribution in [0.1, 0.15) is 0 Å². The standard InChI is InChI=1S/C39H24N2OS/c1-2-10-27(11-3-1)41(29-21-22-35-32(24-29)31-12-5-7-15-34(31)42-35)28-19-17-25(18-20-28)30-13-8-16-36-38(30)39-37(43-36)23-26-9-4-6-14-33(26)40-39/h1-24H. The lowest BCUT2D eigenvalue weighted by molar-refractivity contribution is 0.669. The first-order chi connectivity index (χ1) is 21.3. The molecule has 3 aromatic heterocycles. The highest BCUT2D eigenvalue weighted by atomic mass is 32.1. The molecule has 0 saturated carbocycles. The molecule has 0 bridgehead atoms. The van der Waals surface area contributed by atoms with E-state index in [1.807, 2.05) is 23.5 Å². The number of furan rings is 1. The molecule has 9 rings (SSSR count). The maximum atomic E-state index is 6.12. The number of thiophene rings is 1. The van der Waals surface area contributed by atoms with E-state index in [2.05, 4.69) is 138 Å².